The fourth-order valence-electron chi connectivity index (χ4n) is 1.96. The van der Waals surface area contributed by atoms with Crippen LogP contribution in [0, 0.1) is 19.7 Å². The molecule has 0 unspecified atom stereocenters. The lowest BCUT2D eigenvalue weighted by molar-refractivity contribution is 0.597. The molecule has 2 rings (SSSR count). The van der Waals surface area contributed by atoms with Gasteiger partial charge in [-0.2, -0.15) is 5.10 Å². The first kappa shape index (κ1) is 14.3. The molecule has 0 spiro atoms. The molecular formula is C12H15FN4O2S. The maximum absolute atomic E-state index is 13.6. The number of benzene rings is 1. The molecule has 0 atom stereocenters. The normalized spacial score (nSPS) is 11.6. The smallest absolute Gasteiger partial charge is 0.265 e. The van der Waals surface area contributed by atoms with E-state index in [4.69, 9.17) is 5.73 Å². The van der Waals surface area contributed by atoms with Crippen molar-refractivity contribution in [3.05, 3.63) is 35.4 Å². The Bertz CT molecular complexity index is 768. The van der Waals surface area contributed by atoms with Gasteiger partial charge in [0.1, 0.15) is 10.7 Å². The second kappa shape index (κ2) is 4.78. The Morgan fingerprint density at radius 2 is 2.00 bits per heavy atom. The summed E-state index contributed by atoms with van der Waals surface area (Å²) in [7, 11) is -2.28. The van der Waals surface area contributed by atoms with E-state index in [0.29, 0.717) is 11.4 Å². The predicted molar refractivity (Wildman–Crippen MR) is 74.3 cm³/mol. The minimum Gasteiger partial charge on any atom is -0.399 e. The molecule has 108 valence electrons. The number of nitrogens with two attached hydrogens (primary N) is 1. The molecule has 1 heterocycles. The molecule has 6 nitrogen and oxygen atoms in total. The molecule has 0 aliphatic heterocycles. The molecule has 0 bridgehead atoms. The minimum absolute atomic E-state index is 0.0434. The monoisotopic (exact) mass is 298 g/mol. The molecule has 0 saturated carbocycles. The molecule has 0 fully saturated rings. The van der Waals surface area contributed by atoms with E-state index in [-0.39, 0.29) is 16.3 Å². The molecular weight excluding hydrogens is 283 g/mol. The van der Waals surface area contributed by atoms with Crippen LogP contribution in [-0.2, 0) is 17.1 Å². The molecule has 0 radical (unpaired) electrons. The summed E-state index contributed by atoms with van der Waals surface area (Å²) >= 11 is 0. The van der Waals surface area contributed by atoms with Crippen LogP contribution in [-0.4, -0.2) is 18.2 Å². The van der Waals surface area contributed by atoms with E-state index < -0.39 is 15.8 Å². The Kier molecular flexibility index (Phi) is 3.43. The van der Waals surface area contributed by atoms with Crippen LogP contribution in [0.15, 0.2) is 23.1 Å². The van der Waals surface area contributed by atoms with Crippen LogP contribution >= 0.6 is 0 Å². The van der Waals surface area contributed by atoms with Crippen molar-refractivity contribution in [2.24, 2.45) is 7.05 Å². The molecule has 0 saturated heterocycles. The van der Waals surface area contributed by atoms with E-state index in [1.807, 2.05) is 0 Å². The average Bonchev–Trinajstić information content (AvgIpc) is 2.58. The first-order chi connectivity index (χ1) is 9.22. The highest BCUT2D eigenvalue weighted by molar-refractivity contribution is 7.92. The van der Waals surface area contributed by atoms with Crippen molar-refractivity contribution in [3.8, 4) is 0 Å². The number of halogens is 1. The molecule has 2 aromatic rings. The number of nitrogen functional groups attached to an aromatic ring is 1. The summed E-state index contributed by atoms with van der Waals surface area (Å²) < 4.78 is 42.0. The van der Waals surface area contributed by atoms with E-state index in [0.717, 1.165) is 6.07 Å². The fourth-order valence-corrected chi connectivity index (χ4v) is 3.46. The van der Waals surface area contributed by atoms with Gasteiger partial charge in [0.05, 0.1) is 17.1 Å². The van der Waals surface area contributed by atoms with E-state index in [1.165, 1.54) is 16.8 Å². The van der Waals surface area contributed by atoms with Crippen LogP contribution in [0.3, 0.4) is 0 Å². The third-order valence-electron chi connectivity index (χ3n) is 2.95. The van der Waals surface area contributed by atoms with Crippen LogP contribution in [0.1, 0.15) is 11.4 Å². The van der Waals surface area contributed by atoms with Crippen molar-refractivity contribution in [2.75, 3.05) is 10.5 Å². The fraction of sp³-hybridized carbons (Fsp3) is 0.250. The van der Waals surface area contributed by atoms with Gasteiger partial charge in [0.2, 0.25) is 0 Å². The summed E-state index contributed by atoms with van der Waals surface area (Å²) in [6, 6.07) is 3.69. The van der Waals surface area contributed by atoms with Crippen molar-refractivity contribution in [3.63, 3.8) is 0 Å². The zero-order valence-electron chi connectivity index (χ0n) is 11.3. The second-order valence-corrected chi connectivity index (χ2v) is 6.09. The third-order valence-corrected chi connectivity index (χ3v) is 4.56. The maximum atomic E-state index is 13.6. The molecule has 1 aromatic carbocycles. The van der Waals surface area contributed by atoms with Crippen molar-refractivity contribution in [2.45, 2.75) is 18.7 Å². The Balaban J connectivity index is 2.49. The van der Waals surface area contributed by atoms with Gasteiger partial charge in [0.15, 0.2) is 0 Å². The van der Waals surface area contributed by atoms with E-state index in [1.54, 1.807) is 20.9 Å². The lowest BCUT2D eigenvalue weighted by atomic mass is 10.3. The van der Waals surface area contributed by atoms with Crippen LogP contribution in [0.2, 0.25) is 0 Å². The van der Waals surface area contributed by atoms with Gasteiger partial charge in [-0.25, -0.2) is 12.8 Å². The van der Waals surface area contributed by atoms with E-state index in [2.05, 4.69) is 9.82 Å². The van der Waals surface area contributed by atoms with Crippen molar-refractivity contribution < 1.29 is 12.8 Å². The molecule has 3 N–H and O–H groups in total. The van der Waals surface area contributed by atoms with Crippen molar-refractivity contribution in [1.82, 2.24) is 9.78 Å². The number of nitrogens with zero attached hydrogens (tertiary/aromatic N) is 2. The Labute approximate surface area is 116 Å². The number of hydrogen-bond acceptors (Lipinski definition) is 4. The lowest BCUT2D eigenvalue weighted by Crippen LogP contribution is -2.16. The van der Waals surface area contributed by atoms with Gasteiger partial charge in [-0.05, 0) is 32.0 Å². The molecule has 1 aromatic heterocycles. The largest absolute Gasteiger partial charge is 0.399 e. The third kappa shape index (κ3) is 2.46. The maximum Gasteiger partial charge on any atom is 0.265 e. The first-order valence-electron chi connectivity index (χ1n) is 5.80. The molecule has 8 heteroatoms. The summed E-state index contributed by atoms with van der Waals surface area (Å²) in [5.74, 6) is -0.693. The van der Waals surface area contributed by atoms with Gasteiger partial charge >= 0.3 is 0 Å². The van der Waals surface area contributed by atoms with Gasteiger partial charge in [-0.3, -0.25) is 9.40 Å². The zero-order valence-corrected chi connectivity index (χ0v) is 12.1. The highest BCUT2D eigenvalue weighted by Crippen LogP contribution is 2.24. The lowest BCUT2D eigenvalue weighted by Gasteiger charge is -2.10. The van der Waals surface area contributed by atoms with Gasteiger partial charge in [-0.15, -0.1) is 0 Å². The second-order valence-electron chi connectivity index (χ2n) is 4.47. The SMILES string of the molecule is Cc1nn(C)c(C)c1S(=O)(=O)Nc1cc(N)ccc1F. The summed E-state index contributed by atoms with van der Waals surface area (Å²) in [5.41, 5.74) is 6.43. The number of anilines is 2. The van der Waals surface area contributed by atoms with Gasteiger partial charge in [0, 0.05) is 12.7 Å². The Hall–Kier alpha value is -2.09. The van der Waals surface area contributed by atoms with E-state index >= 15 is 0 Å². The summed E-state index contributed by atoms with van der Waals surface area (Å²) in [6.45, 7) is 3.21. The highest BCUT2D eigenvalue weighted by Gasteiger charge is 2.24. The van der Waals surface area contributed by atoms with Crippen LogP contribution in [0.25, 0.3) is 0 Å². The quantitative estimate of drug-likeness (QED) is 0.841. The van der Waals surface area contributed by atoms with E-state index in [9.17, 15) is 12.8 Å². The minimum atomic E-state index is -3.92. The van der Waals surface area contributed by atoms with Crippen LogP contribution in [0.5, 0.6) is 0 Å². The van der Waals surface area contributed by atoms with Crippen LogP contribution < -0.4 is 10.5 Å². The Morgan fingerprint density at radius 3 is 2.55 bits per heavy atom. The predicted octanol–water partition coefficient (Wildman–Crippen LogP) is 1.56. The molecule has 0 aliphatic rings. The van der Waals surface area contributed by atoms with Gasteiger partial charge in [0.25, 0.3) is 10.0 Å². The summed E-state index contributed by atoms with van der Waals surface area (Å²) in [5, 5.41) is 4.04. The molecule has 0 amide bonds. The number of aryl methyl sites for hydroxylation is 2. The number of nitrogens with one attached hydrogen (secondary N) is 1. The highest BCUT2D eigenvalue weighted by atomic mass is 32.2. The summed E-state index contributed by atoms with van der Waals surface area (Å²) in [6.07, 6.45) is 0. The first-order valence-corrected chi connectivity index (χ1v) is 7.28. The molecule has 20 heavy (non-hydrogen) atoms. The van der Waals surface area contributed by atoms with Gasteiger partial charge in [-0.1, -0.05) is 0 Å². The number of aromatic nitrogens is 2. The molecule has 0 aliphatic carbocycles. The number of sulfonamides is 1. The van der Waals surface area contributed by atoms with Gasteiger partial charge < -0.3 is 5.73 Å². The standard InChI is InChI=1S/C12H15FN4O2S/c1-7-12(8(2)17(3)15-7)20(18,19)16-11-6-9(14)4-5-10(11)13/h4-6,16H,14H2,1-3H3. The van der Waals surface area contributed by atoms with Crippen LogP contribution in [0.4, 0.5) is 15.8 Å². The van der Waals surface area contributed by atoms with Crippen molar-refractivity contribution >= 4 is 21.4 Å². The Morgan fingerprint density at radius 1 is 1.35 bits per heavy atom. The summed E-state index contributed by atoms with van der Waals surface area (Å²) in [4.78, 5) is 0.0434. The number of hydrogen-bond donors (Lipinski definition) is 2. The van der Waals surface area contributed by atoms with Crippen molar-refractivity contribution in [1.29, 1.82) is 0 Å². The average molecular weight is 298 g/mol. The topological polar surface area (TPSA) is 90.0 Å². The zero-order chi connectivity index (χ0) is 15.1. The number of rotatable bonds is 3.